The molecule has 3 aromatic rings. The van der Waals surface area contributed by atoms with E-state index in [4.69, 9.17) is 9.26 Å². The van der Waals surface area contributed by atoms with Crippen LogP contribution in [-0.4, -0.2) is 34.7 Å². The van der Waals surface area contributed by atoms with Crippen LogP contribution < -0.4 is 10.1 Å². The fourth-order valence-electron chi connectivity index (χ4n) is 3.42. The lowest BCUT2D eigenvalue weighted by molar-refractivity contribution is 0.193. The number of nitrogens with zero attached hydrogens (tertiary/aromatic N) is 3. The third-order valence-corrected chi connectivity index (χ3v) is 4.96. The number of rotatable bonds is 4. The third-order valence-electron chi connectivity index (χ3n) is 4.96. The molecule has 7 heteroatoms. The van der Waals surface area contributed by atoms with Gasteiger partial charge in [-0.25, -0.2) is 4.79 Å². The van der Waals surface area contributed by atoms with Crippen molar-refractivity contribution in [3.8, 4) is 17.1 Å². The highest BCUT2D eigenvalue weighted by atomic mass is 16.5. The molecular formula is C21H22N4O3. The number of hydrogen-bond donors (Lipinski definition) is 1. The molecule has 1 atom stereocenters. The summed E-state index contributed by atoms with van der Waals surface area (Å²) < 4.78 is 10.8. The summed E-state index contributed by atoms with van der Waals surface area (Å²) in [5.41, 5.74) is 2.63. The number of ether oxygens (including phenoxy) is 1. The Bertz CT molecular complexity index is 985. The van der Waals surface area contributed by atoms with Gasteiger partial charge in [-0.15, -0.1) is 0 Å². The average Bonchev–Trinajstić information content (AvgIpc) is 3.39. The average molecular weight is 378 g/mol. The molecule has 1 aliphatic heterocycles. The minimum atomic E-state index is -0.226. The van der Waals surface area contributed by atoms with Crippen molar-refractivity contribution in [2.75, 3.05) is 19.0 Å². The summed E-state index contributed by atoms with van der Waals surface area (Å²) in [7, 11) is 1.62. The number of aryl methyl sites for hydroxylation is 1. The summed E-state index contributed by atoms with van der Waals surface area (Å²) in [6.07, 6.45) is 1.68. The standard InChI is InChI=1S/C21H22N4O3/c1-14-7-3-4-10-17(14)22-21(26)25-12-6-11-18(25)20-23-19(24-28-20)15-8-5-9-16(13-15)27-2/h3-5,7-10,13,18H,6,11-12H2,1-2H3,(H,22,26). The maximum absolute atomic E-state index is 12.8. The van der Waals surface area contributed by atoms with Crippen LogP contribution in [0.2, 0.25) is 0 Å². The van der Waals surface area contributed by atoms with Crippen molar-refractivity contribution in [3.63, 3.8) is 0 Å². The summed E-state index contributed by atoms with van der Waals surface area (Å²) in [6.45, 7) is 2.62. The van der Waals surface area contributed by atoms with E-state index >= 15 is 0 Å². The van der Waals surface area contributed by atoms with E-state index in [0.29, 0.717) is 18.3 Å². The smallest absolute Gasteiger partial charge is 0.322 e. The van der Waals surface area contributed by atoms with Gasteiger partial charge in [-0.3, -0.25) is 0 Å². The molecule has 0 radical (unpaired) electrons. The number of carbonyl (C=O) groups excluding carboxylic acids is 1. The predicted molar refractivity (Wildman–Crippen MR) is 105 cm³/mol. The highest BCUT2D eigenvalue weighted by molar-refractivity contribution is 5.90. The van der Waals surface area contributed by atoms with Gasteiger partial charge in [0.2, 0.25) is 11.7 Å². The number of benzene rings is 2. The van der Waals surface area contributed by atoms with Crippen LogP contribution in [0.3, 0.4) is 0 Å². The normalized spacial score (nSPS) is 16.2. The summed E-state index contributed by atoms with van der Waals surface area (Å²) in [6, 6.07) is 14.8. The Kier molecular flexibility index (Phi) is 4.97. The Hall–Kier alpha value is -3.35. The first-order valence-corrected chi connectivity index (χ1v) is 9.27. The molecule has 1 aliphatic rings. The molecule has 2 aromatic carbocycles. The number of methoxy groups -OCH3 is 1. The highest BCUT2D eigenvalue weighted by Gasteiger charge is 2.34. The number of likely N-dealkylation sites (tertiary alicyclic amines) is 1. The maximum atomic E-state index is 12.8. The monoisotopic (exact) mass is 378 g/mol. The number of carbonyl (C=O) groups is 1. The van der Waals surface area contributed by atoms with Crippen molar-refractivity contribution < 1.29 is 14.1 Å². The topological polar surface area (TPSA) is 80.5 Å². The molecule has 1 saturated heterocycles. The Labute approximate surface area is 163 Å². The van der Waals surface area contributed by atoms with E-state index in [2.05, 4.69) is 15.5 Å². The largest absolute Gasteiger partial charge is 0.497 e. The SMILES string of the molecule is COc1cccc(-c2noc(C3CCCN3C(=O)Nc3ccccc3C)n2)c1. The van der Waals surface area contributed by atoms with Gasteiger partial charge in [0.15, 0.2) is 0 Å². The van der Waals surface area contributed by atoms with Crippen LogP contribution in [0.1, 0.15) is 30.3 Å². The van der Waals surface area contributed by atoms with Crippen LogP contribution in [0.15, 0.2) is 53.1 Å². The molecule has 4 rings (SSSR count). The van der Waals surface area contributed by atoms with Gasteiger partial charge in [-0.2, -0.15) is 4.98 Å². The predicted octanol–water partition coefficient (Wildman–Crippen LogP) is 4.42. The fourth-order valence-corrected chi connectivity index (χ4v) is 3.42. The third kappa shape index (κ3) is 3.55. The summed E-state index contributed by atoms with van der Waals surface area (Å²) in [4.78, 5) is 19.1. The molecule has 2 heterocycles. The van der Waals surface area contributed by atoms with E-state index in [0.717, 1.165) is 35.4 Å². The molecule has 0 aliphatic carbocycles. The van der Waals surface area contributed by atoms with E-state index in [-0.39, 0.29) is 12.1 Å². The van der Waals surface area contributed by atoms with Crippen LogP contribution >= 0.6 is 0 Å². The quantitative estimate of drug-likeness (QED) is 0.727. The van der Waals surface area contributed by atoms with E-state index in [1.54, 1.807) is 12.0 Å². The molecule has 1 N–H and O–H groups in total. The number of aromatic nitrogens is 2. The van der Waals surface area contributed by atoms with E-state index in [1.165, 1.54) is 0 Å². The number of hydrogen-bond acceptors (Lipinski definition) is 5. The summed E-state index contributed by atoms with van der Waals surface area (Å²) >= 11 is 0. The fraction of sp³-hybridized carbons (Fsp3) is 0.286. The lowest BCUT2D eigenvalue weighted by Crippen LogP contribution is -2.34. The zero-order valence-electron chi connectivity index (χ0n) is 15.9. The van der Waals surface area contributed by atoms with Gasteiger partial charge in [-0.1, -0.05) is 35.5 Å². The Morgan fingerprint density at radius 2 is 2.11 bits per heavy atom. The maximum Gasteiger partial charge on any atom is 0.322 e. The molecule has 28 heavy (non-hydrogen) atoms. The number of anilines is 1. The lowest BCUT2D eigenvalue weighted by Gasteiger charge is -2.22. The van der Waals surface area contributed by atoms with Gasteiger partial charge in [0, 0.05) is 17.8 Å². The van der Waals surface area contributed by atoms with Crippen LogP contribution in [0.25, 0.3) is 11.4 Å². The number of urea groups is 1. The highest BCUT2D eigenvalue weighted by Crippen LogP contribution is 2.33. The Balaban J connectivity index is 1.53. The minimum Gasteiger partial charge on any atom is -0.497 e. The van der Waals surface area contributed by atoms with Crippen molar-refractivity contribution in [1.29, 1.82) is 0 Å². The van der Waals surface area contributed by atoms with Crippen LogP contribution in [-0.2, 0) is 0 Å². The first kappa shape index (κ1) is 18.0. The molecule has 7 nitrogen and oxygen atoms in total. The van der Waals surface area contributed by atoms with Gasteiger partial charge < -0.3 is 19.5 Å². The molecule has 0 spiro atoms. The first-order chi connectivity index (χ1) is 13.7. The van der Waals surface area contributed by atoms with Gasteiger partial charge in [0.05, 0.1) is 7.11 Å². The number of nitrogens with one attached hydrogen (secondary N) is 1. The molecule has 1 aromatic heterocycles. The van der Waals surface area contributed by atoms with E-state index in [9.17, 15) is 4.79 Å². The van der Waals surface area contributed by atoms with Crippen molar-refractivity contribution in [3.05, 3.63) is 60.0 Å². The van der Waals surface area contributed by atoms with Crippen LogP contribution in [0.5, 0.6) is 5.75 Å². The van der Waals surface area contributed by atoms with Gasteiger partial charge in [0.25, 0.3) is 0 Å². The van der Waals surface area contributed by atoms with Gasteiger partial charge in [0.1, 0.15) is 11.8 Å². The molecule has 144 valence electrons. The minimum absolute atomic E-state index is 0.155. The van der Waals surface area contributed by atoms with Crippen molar-refractivity contribution in [2.24, 2.45) is 0 Å². The summed E-state index contributed by atoms with van der Waals surface area (Å²) in [5, 5.41) is 7.08. The zero-order chi connectivity index (χ0) is 19.5. The second kappa shape index (κ2) is 7.72. The lowest BCUT2D eigenvalue weighted by atomic mass is 10.2. The molecule has 0 bridgehead atoms. The molecule has 2 amide bonds. The molecule has 1 fully saturated rings. The van der Waals surface area contributed by atoms with Crippen molar-refractivity contribution >= 4 is 11.7 Å². The number of para-hydroxylation sites is 1. The molecular weight excluding hydrogens is 356 g/mol. The zero-order valence-corrected chi connectivity index (χ0v) is 15.9. The Morgan fingerprint density at radius 3 is 2.93 bits per heavy atom. The van der Waals surface area contributed by atoms with Crippen molar-refractivity contribution in [1.82, 2.24) is 15.0 Å². The second-order valence-corrected chi connectivity index (χ2v) is 6.78. The Morgan fingerprint density at radius 1 is 1.25 bits per heavy atom. The first-order valence-electron chi connectivity index (χ1n) is 9.27. The van der Waals surface area contributed by atoms with Gasteiger partial charge in [-0.05, 0) is 43.5 Å². The van der Waals surface area contributed by atoms with Crippen LogP contribution in [0, 0.1) is 6.92 Å². The molecule has 1 unspecified atom stereocenters. The molecule has 0 saturated carbocycles. The second-order valence-electron chi connectivity index (χ2n) is 6.78. The van der Waals surface area contributed by atoms with E-state index in [1.807, 2.05) is 55.5 Å². The van der Waals surface area contributed by atoms with E-state index < -0.39 is 0 Å². The number of amides is 2. The van der Waals surface area contributed by atoms with Crippen LogP contribution in [0.4, 0.5) is 10.5 Å². The van der Waals surface area contributed by atoms with Gasteiger partial charge >= 0.3 is 6.03 Å². The van der Waals surface area contributed by atoms with Crippen molar-refractivity contribution in [2.45, 2.75) is 25.8 Å². The summed E-state index contributed by atoms with van der Waals surface area (Å²) in [5.74, 6) is 1.67.